The summed E-state index contributed by atoms with van der Waals surface area (Å²) in [6, 6.07) is 0.659. The molecule has 0 radical (unpaired) electrons. The minimum absolute atomic E-state index is 0.659. The third-order valence-electron chi connectivity index (χ3n) is 5.71. The van der Waals surface area contributed by atoms with Crippen molar-refractivity contribution in [3.8, 4) is 0 Å². The lowest BCUT2D eigenvalue weighted by Crippen LogP contribution is -2.34. The highest BCUT2D eigenvalue weighted by molar-refractivity contribution is 7.99. The molecule has 1 aromatic rings. The Bertz CT molecular complexity index is 528. The van der Waals surface area contributed by atoms with Crippen molar-refractivity contribution in [1.82, 2.24) is 19.7 Å². The maximum Gasteiger partial charge on any atom is 0.228 e. The van der Waals surface area contributed by atoms with Crippen molar-refractivity contribution in [2.24, 2.45) is 5.92 Å². The van der Waals surface area contributed by atoms with Gasteiger partial charge in [0.25, 0.3) is 0 Å². The molecule has 2 saturated heterocycles. The van der Waals surface area contributed by atoms with Gasteiger partial charge in [-0.2, -0.15) is 0 Å². The van der Waals surface area contributed by atoms with E-state index in [9.17, 15) is 0 Å². The van der Waals surface area contributed by atoms with Crippen molar-refractivity contribution < 1.29 is 0 Å². The van der Waals surface area contributed by atoms with Crippen LogP contribution in [0.3, 0.4) is 0 Å². The van der Waals surface area contributed by atoms with Gasteiger partial charge in [0, 0.05) is 31.4 Å². The zero-order valence-corrected chi connectivity index (χ0v) is 15.8. The van der Waals surface area contributed by atoms with Gasteiger partial charge >= 0.3 is 0 Å². The van der Waals surface area contributed by atoms with Crippen LogP contribution in [0.25, 0.3) is 0 Å². The van der Waals surface area contributed by atoms with E-state index in [4.69, 9.17) is 0 Å². The second-order valence-corrected chi connectivity index (χ2v) is 8.87. The molecule has 6 heteroatoms. The molecule has 4 rings (SSSR count). The highest BCUT2D eigenvalue weighted by Crippen LogP contribution is 2.41. The first-order valence-electron chi connectivity index (χ1n) is 9.86. The zero-order valence-electron chi connectivity index (χ0n) is 15.0. The van der Waals surface area contributed by atoms with Crippen LogP contribution in [0.5, 0.6) is 0 Å². The number of hydrogen-bond acceptors (Lipinski definition) is 5. The van der Waals surface area contributed by atoms with Crippen LogP contribution >= 0.6 is 11.8 Å². The first kappa shape index (κ1) is 16.7. The predicted molar refractivity (Wildman–Crippen MR) is 99.9 cm³/mol. The van der Waals surface area contributed by atoms with Crippen LogP contribution in [0, 0.1) is 5.92 Å². The van der Waals surface area contributed by atoms with Gasteiger partial charge in [-0.3, -0.25) is 4.57 Å². The Kier molecular flexibility index (Phi) is 5.32. The molecule has 0 spiro atoms. The second kappa shape index (κ2) is 7.65. The van der Waals surface area contributed by atoms with Gasteiger partial charge in [0.15, 0.2) is 5.16 Å². The van der Waals surface area contributed by atoms with E-state index in [1.54, 1.807) is 0 Å². The van der Waals surface area contributed by atoms with Crippen molar-refractivity contribution in [3.63, 3.8) is 0 Å². The fourth-order valence-electron chi connectivity index (χ4n) is 3.89. The summed E-state index contributed by atoms with van der Waals surface area (Å²) in [5.41, 5.74) is 0. The average Bonchev–Trinajstić information content (AvgIpc) is 3.37. The average molecular weight is 350 g/mol. The summed E-state index contributed by atoms with van der Waals surface area (Å²) in [5.74, 6) is 3.14. The molecule has 3 fully saturated rings. The minimum atomic E-state index is 0.659. The van der Waals surface area contributed by atoms with Crippen molar-refractivity contribution in [2.75, 3.05) is 43.4 Å². The summed E-state index contributed by atoms with van der Waals surface area (Å²) in [7, 11) is 0. The minimum Gasteiger partial charge on any atom is -0.341 e. The molecule has 1 aromatic heterocycles. The quantitative estimate of drug-likeness (QED) is 0.736. The van der Waals surface area contributed by atoms with Crippen molar-refractivity contribution in [2.45, 2.75) is 63.1 Å². The van der Waals surface area contributed by atoms with Crippen molar-refractivity contribution in [3.05, 3.63) is 0 Å². The van der Waals surface area contributed by atoms with E-state index in [1.165, 1.54) is 64.6 Å². The highest BCUT2D eigenvalue weighted by atomic mass is 32.2. The van der Waals surface area contributed by atoms with Gasteiger partial charge < -0.3 is 9.80 Å². The first-order chi connectivity index (χ1) is 11.8. The maximum atomic E-state index is 4.60. The first-order valence-corrected chi connectivity index (χ1v) is 10.8. The van der Waals surface area contributed by atoms with Gasteiger partial charge in [-0.15, -0.1) is 10.2 Å². The molecule has 0 N–H and O–H groups in total. The molecule has 5 nitrogen and oxygen atoms in total. The van der Waals surface area contributed by atoms with Gasteiger partial charge in [-0.25, -0.2) is 0 Å². The molecule has 0 bridgehead atoms. The smallest absolute Gasteiger partial charge is 0.228 e. The summed E-state index contributed by atoms with van der Waals surface area (Å²) in [4.78, 5) is 5.08. The fraction of sp³-hybridized carbons (Fsp3) is 0.889. The van der Waals surface area contributed by atoms with Gasteiger partial charge in [0.1, 0.15) is 0 Å². The van der Waals surface area contributed by atoms with Gasteiger partial charge in [0.05, 0.1) is 0 Å². The van der Waals surface area contributed by atoms with E-state index in [0.29, 0.717) is 6.04 Å². The number of thioether (sulfide) groups is 1. The molecule has 134 valence electrons. The molecule has 1 saturated carbocycles. The van der Waals surface area contributed by atoms with Crippen LogP contribution in [-0.2, 0) is 0 Å². The van der Waals surface area contributed by atoms with Crippen LogP contribution in [-0.4, -0.2) is 58.1 Å². The van der Waals surface area contributed by atoms with Crippen LogP contribution in [0.15, 0.2) is 5.16 Å². The number of likely N-dealkylation sites (tertiary alicyclic amines) is 1. The van der Waals surface area contributed by atoms with Crippen LogP contribution in [0.1, 0.15) is 57.9 Å². The van der Waals surface area contributed by atoms with E-state index in [-0.39, 0.29) is 0 Å². The Morgan fingerprint density at radius 2 is 1.71 bits per heavy atom. The molecule has 3 heterocycles. The normalized spacial score (nSPS) is 23.8. The lowest BCUT2D eigenvalue weighted by Gasteiger charge is -2.31. The number of piperidine rings is 2. The van der Waals surface area contributed by atoms with E-state index < -0.39 is 0 Å². The summed E-state index contributed by atoms with van der Waals surface area (Å²) < 4.78 is 2.46. The largest absolute Gasteiger partial charge is 0.341 e. The molecule has 1 aliphatic carbocycles. The molecular weight excluding hydrogens is 318 g/mol. The van der Waals surface area contributed by atoms with Gasteiger partial charge in [-0.05, 0) is 57.5 Å². The van der Waals surface area contributed by atoms with Crippen molar-refractivity contribution in [1.29, 1.82) is 0 Å². The molecule has 0 atom stereocenters. The fourth-order valence-corrected chi connectivity index (χ4v) is 4.89. The Balaban J connectivity index is 1.38. The maximum absolute atomic E-state index is 4.60. The van der Waals surface area contributed by atoms with E-state index in [0.717, 1.165) is 35.9 Å². The third-order valence-corrected chi connectivity index (χ3v) is 6.64. The molecular formula is C18H31N5S. The second-order valence-electron chi connectivity index (χ2n) is 7.80. The van der Waals surface area contributed by atoms with E-state index >= 15 is 0 Å². The summed E-state index contributed by atoms with van der Waals surface area (Å²) in [5, 5.41) is 10.3. The lowest BCUT2D eigenvalue weighted by atomic mass is 10.00. The number of nitrogens with zero attached hydrogens (tertiary/aromatic N) is 5. The summed E-state index contributed by atoms with van der Waals surface area (Å²) in [6.07, 6.45) is 9.34. The Morgan fingerprint density at radius 1 is 0.958 bits per heavy atom. The van der Waals surface area contributed by atoms with Gasteiger partial charge in [0.2, 0.25) is 5.95 Å². The van der Waals surface area contributed by atoms with E-state index in [1.807, 2.05) is 11.8 Å². The van der Waals surface area contributed by atoms with Gasteiger partial charge in [-0.1, -0.05) is 25.1 Å². The number of hydrogen-bond donors (Lipinski definition) is 0. The Labute approximate surface area is 150 Å². The highest BCUT2D eigenvalue weighted by Gasteiger charge is 2.32. The number of anilines is 1. The third kappa shape index (κ3) is 3.90. The van der Waals surface area contributed by atoms with Crippen LogP contribution < -0.4 is 4.90 Å². The molecule has 0 unspecified atom stereocenters. The molecule has 0 amide bonds. The number of rotatable bonds is 6. The monoisotopic (exact) mass is 349 g/mol. The Hall–Kier alpha value is -0.750. The summed E-state index contributed by atoms with van der Waals surface area (Å²) in [6.45, 7) is 8.42. The molecule has 0 aromatic carbocycles. The zero-order chi connectivity index (χ0) is 16.4. The predicted octanol–water partition coefficient (Wildman–Crippen LogP) is 3.43. The number of aromatic nitrogens is 3. The topological polar surface area (TPSA) is 37.2 Å². The molecule has 3 aliphatic rings. The standard InChI is InChI=1S/C18H31N5S/c1-15-7-11-22(12-8-15)17-19-20-18(23(17)16-5-6-16)24-14-13-21-9-3-2-4-10-21/h15-16H,2-14H2,1H3. The summed E-state index contributed by atoms with van der Waals surface area (Å²) >= 11 is 1.92. The van der Waals surface area contributed by atoms with Crippen LogP contribution in [0.2, 0.25) is 0 Å². The molecule has 2 aliphatic heterocycles. The lowest BCUT2D eigenvalue weighted by molar-refractivity contribution is 0.242. The van der Waals surface area contributed by atoms with E-state index in [2.05, 4.69) is 31.5 Å². The Morgan fingerprint density at radius 3 is 2.42 bits per heavy atom. The van der Waals surface area contributed by atoms with Crippen molar-refractivity contribution >= 4 is 17.7 Å². The van der Waals surface area contributed by atoms with Crippen LogP contribution in [0.4, 0.5) is 5.95 Å². The SMILES string of the molecule is CC1CCN(c2nnc(SCCN3CCCCC3)n2C2CC2)CC1. The molecule has 24 heavy (non-hydrogen) atoms.